The summed E-state index contributed by atoms with van der Waals surface area (Å²) in [5.74, 6) is 0.190. The lowest BCUT2D eigenvalue weighted by Gasteiger charge is -2.06. The van der Waals surface area contributed by atoms with E-state index in [1.54, 1.807) is 60.0 Å². The van der Waals surface area contributed by atoms with Gasteiger partial charge in [-0.1, -0.05) is 36.4 Å². The molecular formula is C27H19FO4S. The highest BCUT2D eigenvalue weighted by Crippen LogP contribution is 2.18. The maximum Gasteiger partial charge on any atom is 0.353 e. The van der Waals surface area contributed by atoms with Crippen LogP contribution in [0.2, 0.25) is 0 Å². The van der Waals surface area contributed by atoms with Crippen LogP contribution in [-0.2, 0) is 6.61 Å². The van der Waals surface area contributed by atoms with Gasteiger partial charge in [0.2, 0.25) is 0 Å². The molecule has 0 N–H and O–H groups in total. The molecule has 4 nitrogen and oxygen atoms in total. The second-order valence-corrected chi connectivity index (χ2v) is 8.02. The molecule has 0 unspecified atom stereocenters. The van der Waals surface area contributed by atoms with Crippen LogP contribution in [0.15, 0.2) is 96.4 Å². The summed E-state index contributed by atoms with van der Waals surface area (Å²) in [7, 11) is 0. The molecule has 4 aromatic rings. The monoisotopic (exact) mass is 458 g/mol. The number of hydrogen-bond acceptors (Lipinski definition) is 5. The van der Waals surface area contributed by atoms with E-state index in [2.05, 4.69) is 0 Å². The van der Waals surface area contributed by atoms with Crippen molar-refractivity contribution in [2.45, 2.75) is 6.61 Å². The normalized spacial score (nSPS) is 10.8. The van der Waals surface area contributed by atoms with Gasteiger partial charge < -0.3 is 9.47 Å². The Balaban J connectivity index is 1.30. The zero-order valence-electron chi connectivity index (χ0n) is 17.4. The van der Waals surface area contributed by atoms with Gasteiger partial charge in [-0.3, -0.25) is 4.79 Å². The van der Waals surface area contributed by atoms with E-state index >= 15 is 0 Å². The fourth-order valence-electron chi connectivity index (χ4n) is 2.93. The molecular weight excluding hydrogens is 439 g/mol. The second-order valence-electron chi connectivity index (χ2n) is 7.07. The topological polar surface area (TPSA) is 52.6 Å². The predicted molar refractivity (Wildman–Crippen MR) is 126 cm³/mol. The zero-order valence-corrected chi connectivity index (χ0v) is 18.3. The highest BCUT2D eigenvalue weighted by molar-refractivity contribution is 7.12. The maximum absolute atomic E-state index is 13.0. The minimum Gasteiger partial charge on any atom is -0.489 e. The summed E-state index contributed by atoms with van der Waals surface area (Å²) in [4.78, 5) is 25.0. The molecule has 0 saturated carbocycles. The molecule has 0 bridgehead atoms. The van der Waals surface area contributed by atoms with Crippen LogP contribution < -0.4 is 9.47 Å². The predicted octanol–water partition coefficient (Wildman–Crippen LogP) is 6.58. The number of carbonyl (C=O) groups excluding carboxylic acids is 2. The van der Waals surface area contributed by atoms with Crippen molar-refractivity contribution >= 4 is 29.2 Å². The van der Waals surface area contributed by atoms with Crippen LogP contribution in [0, 0.1) is 5.82 Å². The van der Waals surface area contributed by atoms with Crippen molar-refractivity contribution in [2.24, 2.45) is 0 Å². The number of rotatable bonds is 8. The average Bonchev–Trinajstić information content (AvgIpc) is 3.39. The van der Waals surface area contributed by atoms with E-state index in [0.29, 0.717) is 28.5 Å². The van der Waals surface area contributed by atoms with Crippen molar-refractivity contribution in [3.05, 3.63) is 124 Å². The second kappa shape index (κ2) is 10.5. The van der Waals surface area contributed by atoms with Crippen LogP contribution in [0.1, 0.15) is 31.2 Å². The average molecular weight is 459 g/mol. The molecule has 0 aliphatic rings. The van der Waals surface area contributed by atoms with E-state index in [0.717, 1.165) is 11.1 Å². The first kappa shape index (κ1) is 22.2. The first-order chi connectivity index (χ1) is 16.1. The van der Waals surface area contributed by atoms with Crippen molar-refractivity contribution in [2.75, 3.05) is 0 Å². The molecule has 164 valence electrons. The number of hydrogen-bond donors (Lipinski definition) is 0. The molecule has 3 aromatic carbocycles. The third kappa shape index (κ3) is 6.24. The Kier molecular flexibility index (Phi) is 7.07. The van der Waals surface area contributed by atoms with E-state index in [9.17, 15) is 14.0 Å². The van der Waals surface area contributed by atoms with Gasteiger partial charge >= 0.3 is 5.97 Å². The van der Waals surface area contributed by atoms with Crippen LogP contribution >= 0.6 is 11.3 Å². The van der Waals surface area contributed by atoms with Crippen LogP contribution in [0.3, 0.4) is 0 Å². The van der Waals surface area contributed by atoms with Crippen molar-refractivity contribution in [3.8, 4) is 11.5 Å². The fraction of sp³-hybridized carbons (Fsp3) is 0.0370. The van der Waals surface area contributed by atoms with Crippen molar-refractivity contribution in [1.82, 2.24) is 0 Å². The van der Waals surface area contributed by atoms with Crippen molar-refractivity contribution < 1.29 is 23.5 Å². The van der Waals surface area contributed by atoms with Gasteiger partial charge in [0, 0.05) is 5.56 Å². The number of carbonyl (C=O) groups is 2. The zero-order chi connectivity index (χ0) is 23.0. The minimum atomic E-state index is -0.422. The first-order valence-corrected chi connectivity index (χ1v) is 11.0. The van der Waals surface area contributed by atoms with E-state index in [1.807, 2.05) is 24.3 Å². The molecule has 0 fully saturated rings. The van der Waals surface area contributed by atoms with Crippen LogP contribution in [0.25, 0.3) is 6.08 Å². The lowest BCUT2D eigenvalue weighted by atomic mass is 10.1. The van der Waals surface area contributed by atoms with Gasteiger partial charge in [-0.2, -0.15) is 0 Å². The molecule has 1 aromatic heterocycles. The fourth-order valence-corrected chi connectivity index (χ4v) is 3.53. The Morgan fingerprint density at radius 3 is 2.21 bits per heavy atom. The minimum absolute atomic E-state index is 0.164. The Hall–Kier alpha value is -4.03. The number of allylic oxidation sites excluding steroid dienone is 1. The molecule has 0 amide bonds. The Bertz CT molecular complexity index is 1240. The van der Waals surface area contributed by atoms with E-state index in [4.69, 9.17) is 9.47 Å². The molecule has 6 heteroatoms. The van der Waals surface area contributed by atoms with Gasteiger partial charge in [-0.05, 0) is 77.2 Å². The number of ether oxygens (including phenoxy) is 2. The number of benzene rings is 3. The Morgan fingerprint density at radius 1 is 0.848 bits per heavy atom. The summed E-state index contributed by atoms with van der Waals surface area (Å²) in [6.45, 7) is 0.340. The Morgan fingerprint density at radius 2 is 1.55 bits per heavy atom. The third-order valence-corrected chi connectivity index (χ3v) is 5.55. The summed E-state index contributed by atoms with van der Waals surface area (Å²) >= 11 is 1.31. The lowest BCUT2D eigenvalue weighted by Crippen LogP contribution is -2.06. The quantitative estimate of drug-likeness (QED) is 0.129. The number of ketones is 1. The summed E-state index contributed by atoms with van der Waals surface area (Å²) < 4.78 is 24.0. The van der Waals surface area contributed by atoms with E-state index in [-0.39, 0.29) is 11.6 Å². The smallest absolute Gasteiger partial charge is 0.353 e. The van der Waals surface area contributed by atoms with Gasteiger partial charge in [0.25, 0.3) is 0 Å². The summed E-state index contributed by atoms with van der Waals surface area (Å²) in [5, 5.41) is 1.80. The highest BCUT2D eigenvalue weighted by atomic mass is 32.1. The summed E-state index contributed by atoms with van der Waals surface area (Å²) in [5.41, 5.74) is 2.21. The van der Waals surface area contributed by atoms with Crippen LogP contribution in [0.5, 0.6) is 11.5 Å². The molecule has 33 heavy (non-hydrogen) atoms. The number of thiophene rings is 1. The van der Waals surface area contributed by atoms with Gasteiger partial charge in [0.1, 0.15) is 28.8 Å². The molecule has 0 aliphatic carbocycles. The largest absolute Gasteiger partial charge is 0.489 e. The van der Waals surface area contributed by atoms with Crippen LogP contribution in [0.4, 0.5) is 4.39 Å². The number of esters is 1. The Labute approximate surface area is 194 Å². The molecule has 0 aliphatic heterocycles. The summed E-state index contributed by atoms with van der Waals surface area (Å²) in [6.07, 6.45) is 3.21. The van der Waals surface area contributed by atoms with Gasteiger partial charge in [-0.25, -0.2) is 9.18 Å². The molecule has 0 saturated heterocycles. The van der Waals surface area contributed by atoms with Gasteiger partial charge in [-0.15, -0.1) is 11.3 Å². The standard InChI is InChI=1S/C27H19FO4S/c28-22-10-3-20(4-11-22)18-31-23-12-5-19(6-13-23)7-16-25(29)21-8-14-24(15-9-21)32-27(30)26-2-1-17-33-26/h1-17H,18H2/b16-7+. The molecule has 0 radical (unpaired) electrons. The molecule has 4 rings (SSSR count). The van der Waals surface area contributed by atoms with Crippen molar-refractivity contribution in [1.29, 1.82) is 0 Å². The van der Waals surface area contributed by atoms with Gasteiger partial charge in [0.05, 0.1) is 0 Å². The van der Waals surface area contributed by atoms with Gasteiger partial charge in [0.15, 0.2) is 5.78 Å². The SMILES string of the molecule is O=C(/C=C/c1ccc(OCc2ccc(F)cc2)cc1)c1ccc(OC(=O)c2cccs2)cc1. The molecule has 0 atom stereocenters. The third-order valence-electron chi connectivity index (χ3n) is 4.70. The maximum atomic E-state index is 13.0. The van der Waals surface area contributed by atoms with E-state index < -0.39 is 5.97 Å². The summed E-state index contributed by atoms with van der Waals surface area (Å²) in [6, 6.07) is 23.4. The van der Waals surface area contributed by atoms with Crippen LogP contribution in [-0.4, -0.2) is 11.8 Å². The molecule has 1 heterocycles. The van der Waals surface area contributed by atoms with E-state index in [1.165, 1.54) is 29.5 Å². The lowest BCUT2D eigenvalue weighted by molar-refractivity contribution is 0.0740. The van der Waals surface area contributed by atoms with Crippen molar-refractivity contribution in [3.63, 3.8) is 0 Å². The number of halogens is 1. The first-order valence-electron chi connectivity index (χ1n) is 10.1. The molecule has 0 spiro atoms. The highest BCUT2D eigenvalue weighted by Gasteiger charge is 2.10.